The van der Waals surface area contributed by atoms with Crippen molar-refractivity contribution < 1.29 is 160 Å². The SMILES string of the molecule is C.Clc1nc(-c2ccccc2)cc(-c2ccccc2)n1.Fc1ccc(-c2nc(-c3ccccc3)cc(-c3ccccc3)n2)c(F)c1F.O=CO[O-].O[B]Oc1ccc(F)c(F)c1F.Oc1ccccc1Br.[H-].[K+].[K+]. The van der Waals surface area contributed by atoms with Crippen LogP contribution < -0.4 is 113 Å². The average molecular weight is 1130 g/mol. The Kier molecular flexibility index (Phi) is 30.1. The van der Waals surface area contributed by atoms with Crippen LogP contribution in [-0.4, -0.2) is 44.2 Å². The van der Waals surface area contributed by atoms with E-state index < -0.39 is 40.7 Å². The Labute approximate surface area is 517 Å². The summed E-state index contributed by atoms with van der Waals surface area (Å²) in [6.07, 6.45) is 0. The van der Waals surface area contributed by atoms with Gasteiger partial charge >= 0.3 is 110 Å². The number of aromatic nitrogens is 4. The van der Waals surface area contributed by atoms with E-state index in [-0.39, 0.29) is 148 Å². The Morgan fingerprint density at radius 3 is 1.26 bits per heavy atom. The number of aromatic hydroxyl groups is 1. The van der Waals surface area contributed by atoms with Crippen molar-refractivity contribution in [2.24, 2.45) is 0 Å². The van der Waals surface area contributed by atoms with Gasteiger partial charge in [-0.1, -0.05) is 141 Å². The number of carbonyl (C=O) groups is 1. The number of hydrogen-bond acceptors (Lipinski definition) is 10. The predicted molar refractivity (Wildman–Crippen MR) is 262 cm³/mol. The fraction of sp³-hybridized carbons (Fsp3) is 0.0192. The molecule has 2 aromatic heterocycles. The molecule has 21 heteroatoms. The maximum absolute atomic E-state index is 14.3. The van der Waals surface area contributed by atoms with Gasteiger partial charge in [0.15, 0.2) is 34.9 Å². The topological polar surface area (TPSA) is 151 Å². The Morgan fingerprint density at radius 2 is 0.904 bits per heavy atom. The number of hydrogen-bond donors (Lipinski definition) is 2. The van der Waals surface area contributed by atoms with E-state index in [0.29, 0.717) is 17.5 Å². The van der Waals surface area contributed by atoms with E-state index in [1.807, 2.05) is 133 Å². The van der Waals surface area contributed by atoms with E-state index in [4.69, 9.17) is 31.8 Å². The molecule has 73 heavy (non-hydrogen) atoms. The zero-order valence-electron chi connectivity index (χ0n) is 38.8. The van der Waals surface area contributed by atoms with Crippen LogP contribution in [0.15, 0.2) is 186 Å². The summed E-state index contributed by atoms with van der Waals surface area (Å²) in [5.41, 5.74) is 6.27. The minimum atomic E-state index is -1.63. The molecule has 2 N–H and O–H groups in total. The smallest absolute Gasteiger partial charge is 1.00 e. The van der Waals surface area contributed by atoms with Crippen molar-refractivity contribution in [2.75, 3.05) is 0 Å². The van der Waals surface area contributed by atoms with E-state index in [9.17, 15) is 26.3 Å². The van der Waals surface area contributed by atoms with Crippen LogP contribution in [0, 0.1) is 34.9 Å². The molecule has 363 valence electrons. The average Bonchev–Trinajstić information content (AvgIpc) is 3.40. The molecule has 0 atom stereocenters. The number of halogens is 8. The summed E-state index contributed by atoms with van der Waals surface area (Å²) in [5.74, 6) is -8.80. The first-order chi connectivity index (χ1) is 33.8. The summed E-state index contributed by atoms with van der Waals surface area (Å²) in [6.45, 7) is -0.181. The second-order valence-corrected chi connectivity index (χ2v) is 14.8. The zero-order valence-corrected chi connectivity index (χ0v) is 46.4. The number of carbonyl (C=O) groups excluding carboxylic acids is 1. The first kappa shape index (κ1) is 64.5. The molecule has 0 aliphatic carbocycles. The third-order valence-corrected chi connectivity index (χ3v) is 9.89. The van der Waals surface area contributed by atoms with Crippen molar-refractivity contribution in [3.63, 3.8) is 0 Å². The minimum Gasteiger partial charge on any atom is -1.00 e. The largest absolute Gasteiger partial charge is 1.00 e. The molecule has 0 spiro atoms. The second-order valence-electron chi connectivity index (χ2n) is 13.6. The fourth-order valence-corrected chi connectivity index (χ4v) is 6.29. The van der Waals surface area contributed by atoms with Gasteiger partial charge in [-0.25, -0.2) is 41.9 Å². The Hall–Kier alpha value is -4.62. The molecular formula is C52H38BBrClF6K2N4O6. The molecule has 0 fully saturated rings. The summed E-state index contributed by atoms with van der Waals surface area (Å²) >= 11 is 9.17. The first-order valence-corrected chi connectivity index (χ1v) is 21.2. The molecule has 9 rings (SSSR count). The van der Waals surface area contributed by atoms with Crippen LogP contribution in [0.2, 0.25) is 5.28 Å². The van der Waals surface area contributed by atoms with Crippen LogP contribution in [0.4, 0.5) is 26.3 Å². The minimum absolute atomic E-state index is 0. The van der Waals surface area contributed by atoms with Gasteiger partial charge in [0, 0.05) is 22.3 Å². The fourth-order valence-electron chi connectivity index (χ4n) is 5.82. The number of phenolic OH excluding ortho intramolecular Hbond substituents is 1. The van der Waals surface area contributed by atoms with Crippen LogP contribution in [0.3, 0.4) is 0 Å². The quantitative estimate of drug-likeness (QED) is 0.0320. The molecule has 0 saturated heterocycles. The van der Waals surface area contributed by atoms with Crippen LogP contribution in [0.25, 0.3) is 56.4 Å². The van der Waals surface area contributed by atoms with Gasteiger partial charge in [-0.15, -0.1) is 0 Å². The van der Waals surface area contributed by atoms with E-state index >= 15 is 0 Å². The van der Waals surface area contributed by atoms with Crippen LogP contribution in [0.1, 0.15) is 8.85 Å². The van der Waals surface area contributed by atoms with Gasteiger partial charge in [0.25, 0.3) is 6.47 Å². The third kappa shape index (κ3) is 19.9. The van der Waals surface area contributed by atoms with Gasteiger partial charge < -0.3 is 26.4 Å². The van der Waals surface area contributed by atoms with Crippen molar-refractivity contribution in [3.05, 3.63) is 227 Å². The molecule has 2 heterocycles. The molecule has 7 aromatic carbocycles. The molecule has 0 bridgehead atoms. The van der Waals surface area contributed by atoms with E-state index in [0.717, 1.165) is 56.3 Å². The van der Waals surface area contributed by atoms with Crippen molar-refractivity contribution in [2.45, 2.75) is 7.43 Å². The molecule has 0 saturated carbocycles. The Morgan fingerprint density at radius 1 is 0.548 bits per heavy atom. The number of para-hydroxylation sites is 1. The molecule has 10 nitrogen and oxygen atoms in total. The van der Waals surface area contributed by atoms with Crippen LogP contribution in [0.5, 0.6) is 11.5 Å². The van der Waals surface area contributed by atoms with Gasteiger partial charge in [0.05, 0.1) is 32.8 Å². The molecule has 0 unspecified atom stereocenters. The third-order valence-electron chi connectivity index (χ3n) is 9.05. The molecule has 0 aliphatic rings. The van der Waals surface area contributed by atoms with E-state index in [1.165, 1.54) is 0 Å². The van der Waals surface area contributed by atoms with Gasteiger partial charge in [-0.2, -0.15) is 4.39 Å². The van der Waals surface area contributed by atoms with E-state index in [1.54, 1.807) is 24.3 Å². The molecule has 1 radical (unpaired) electrons. The van der Waals surface area contributed by atoms with Crippen LogP contribution in [-0.2, 0) is 9.68 Å². The van der Waals surface area contributed by atoms with Crippen molar-refractivity contribution in [3.8, 4) is 67.9 Å². The molecular weight excluding hydrogens is 1090 g/mol. The molecule has 9 aromatic rings. The maximum Gasteiger partial charge on any atom is 1.00 e. The number of benzene rings is 7. The summed E-state index contributed by atoms with van der Waals surface area (Å²) in [5, 5.41) is 25.6. The van der Waals surface area contributed by atoms with Crippen molar-refractivity contribution in [1.82, 2.24) is 19.9 Å². The monoisotopic (exact) mass is 1130 g/mol. The zero-order chi connectivity index (χ0) is 50.4. The van der Waals surface area contributed by atoms with Crippen LogP contribution >= 0.6 is 27.5 Å². The summed E-state index contributed by atoms with van der Waals surface area (Å²) < 4.78 is 83.4. The Bertz CT molecular complexity index is 2980. The number of nitrogens with zero attached hydrogens (tertiary/aromatic N) is 4. The number of phenols is 1. The standard InChI is InChI=1S/C22H13F3N2.C16H11ClN2.C6H3BF3O2.C6H5BrO.CH2O3.CH4.2K.H/c23-17-12-11-16(20(24)21(17)25)22-26-18(14-7-3-1-4-8-14)13-19(27-22)15-9-5-2-6-10-15;17-16-18-14(12-7-3-1-4-8-12)11-15(19-16)13-9-5-2-6-10-13;8-3-1-2-4(12-7-11)6(10)5(3)9;7-5-3-1-2-4-6(5)8;2-1-4-3;;;;/h1-13H;1-11H;1-2,11H;1-4,8H;1,3H;1H4;;;/q;;;;;;2*+1;-1/p-1. The summed E-state index contributed by atoms with van der Waals surface area (Å²) in [6, 6.07) is 52.9. The first-order valence-electron chi connectivity index (χ1n) is 20.1. The maximum atomic E-state index is 14.3. The number of rotatable bonds is 8. The normalized spacial score (nSPS) is 9.56. The van der Waals surface area contributed by atoms with E-state index in [2.05, 4.69) is 45.4 Å². The van der Waals surface area contributed by atoms with Gasteiger partial charge in [0.2, 0.25) is 11.1 Å². The molecule has 0 amide bonds. The predicted octanol–water partition coefficient (Wildman–Crippen LogP) is 6.71. The summed E-state index contributed by atoms with van der Waals surface area (Å²) in [4.78, 5) is 28.6. The van der Waals surface area contributed by atoms with Crippen molar-refractivity contribution in [1.29, 1.82) is 0 Å². The van der Waals surface area contributed by atoms with Crippen molar-refractivity contribution >= 4 is 41.7 Å². The van der Waals surface area contributed by atoms with Gasteiger partial charge in [-0.05, 0) is 76.1 Å². The molecule has 0 aliphatic heterocycles. The Balaban J connectivity index is 0.000000510. The summed E-state index contributed by atoms with van der Waals surface area (Å²) in [7, 11) is 0.176. The van der Waals surface area contributed by atoms with Gasteiger partial charge in [-0.3, -0.25) is 4.79 Å². The second kappa shape index (κ2) is 34.0. The van der Waals surface area contributed by atoms with Gasteiger partial charge in [0.1, 0.15) is 11.5 Å².